The van der Waals surface area contributed by atoms with Crippen molar-refractivity contribution in [2.45, 2.75) is 6.92 Å². The zero-order chi connectivity index (χ0) is 14.5. The Bertz CT molecular complexity index is 587. The third kappa shape index (κ3) is 2.63. The van der Waals surface area contributed by atoms with Crippen LogP contribution < -0.4 is 20.1 Å². The molecule has 2 rings (SSSR count). The molecule has 0 aliphatic heterocycles. The molecule has 0 atom stereocenters. The maximum atomic E-state index is 5.67. The molecule has 0 saturated carbocycles. The largest absolute Gasteiger partial charge is 0.493 e. The number of ether oxygens (including phenoxy) is 2. The van der Waals surface area contributed by atoms with Crippen molar-refractivity contribution in [3.63, 3.8) is 0 Å². The molecule has 108 valence electrons. The number of hydrogen-bond donors (Lipinski definition) is 1. The second-order valence-electron chi connectivity index (χ2n) is 4.43. The van der Waals surface area contributed by atoms with Crippen molar-refractivity contribution in [1.82, 2.24) is 4.98 Å². The third-order valence-electron chi connectivity index (χ3n) is 3.33. The van der Waals surface area contributed by atoms with Gasteiger partial charge in [0.15, 0.2) is 11.5 Å². The highest BCUT2D eigenvalue weighted by atomic mass is 16.5. The summed E-state index contributed by atoms with van der Waals surface area (Å²) in [5.41, 5.74) is 5.67. The number of nitrogens with two attached hydrogens (primary N) is 1. The first kappa shape index (κ1) is 14.4. The topological polar surface area (TPSA) is 60.6 Å². The summed E-state index contributed by atoms with van der Waals surface area (Å²) in [5.74, 6) is 2.36. The lowest BCUT2D eigenvalue weighted by molar-refractivity contribution is 0.356. The van der Waals surface area contributed by atoms with Crippen LogP contribution in [-0.4, -0.2) is 38.8 Å². The van der Waals surface area contributed by atoms with Crippen molar-refractivity contribution in [2.24, 2.45) is 5.73 Å². The molecule has 0 unspecified atom stereocenters. The van der Waals surface area contributed by atoms with Gasteiger partial charge in [0.05, 0.1) is 14.2 Å². The summed E-state index contributed by atoms with van der Waals surface area (Å²) in [4.78, 5) is 6.66. The van der Waals surface area contributed by atoms with Crippen LogP contribution in [0.4, 0.5) is 5.82 Å². The number of anilines is 1. The second kappa shape index (κ2) is 6.43. The Morgan fingerprint density at radius 1 is 1.20 bits per heavy atom. The van der Waals surface area contributed by atoms with Crippen molar-refractivity contribution in [1.29, 1.82) is 0 Å². The molecular weight excluding hydrogens is 254 g/mol. The van der Waals surface area contributed by atoms with Gasteiger partial charge in [0, 0.05) is 31.2 Å². The Morgan fingerprint density at radius 2 is 1.90 bits per heavy atom. The Labute approximate surface area is 119 Å². The van der Waals surface area contributed by atoms with Gasteiger partial charge in [-0.3, -0.25) is 0 Å². The van der Waals surface area contributed by atoms with E-state index in [1.807, 2.05) is 24.4 Å². The van der Waals surface area contributed by atoms with Gasteiger partial charge in [0.2, 0.25) is 0 Å². The average Bonchev–Trinajstić information content (AvgIpc) is 2.50. The molecule has 0 spiro atoms. The van der Waals surface area contributed by atoms with Crippen LogP contribution in [0.15, 0.2) is 24.4 Å². The number of methoxy groups -OCH3 is 2. The summed E-state index contributed by atoms with van der Waals surface area (Å²) in [5, 5.41) is 2.11. The molecule has 2 aromatic rings. The molecule has 2 N–H and O–H groups in total. The van der Waals surface area contributed by atoms with Gasteiger partial charge in [-0.05, 0) is 30.5 Å². The van der Waals surface area contributed by atoms with E-state index in [1.54, 1.807) is 14.2 Å². The van der Waals surface area contributed by atoms with Crippen molar-refractivity contribution in [2.75, 3.05) is 38.8 Å². The highest BCUT2D eigenvalue weighted by Gasteiger charge is 2.13. The average molecular weight is 275 g/mol. The fourth-order valence-electron chi connectivity index (χ4n) is 2.31. The lowest BCUT2D eigenvalue weighted by Gasteiger charge is -2.23. The third-order valence-corrected chi connectivity index (χ3v) is 3.33. The molecule has 20 heavy (non-hydrogen) atoms. The maximum absolute atomic E-state index is 5.67. The van der Waals surface area contributed by atoms with Gasteiger partial charge in [0.25, 0.3) is 0 Å². The first-order valence-corrected chi connectivity index (χ1v) is 6.70. The number of likely N-dealkylation sites (N-methyl/N-ethyl adjacent to an activating group) is 1. The van der Waals surface area contributed by atoms with Gasteiger partial charge in [-0.15, -0.1) is 0 Å². The molecule has 0 saturated heterocycles. The fourth-order valence-corrected chi connectivity index (χ4v) is 2.31. The van der Waals surface area contributed by atoms with Gasteiger partial charge in [-0.1, -0.05) is 0 Å². The summed E-state index contributed by atoms with van der Waals surface area (Å²) in [6, 6.07) is 5.91. The molecular formula is C15H21N3O2. The minimum atomic E-state index is 0.596. The summed E-state index contributed by atoms with van der Waals surface area (Å²) in [6.07, 6.45) is 1.81. The van der Waals surface area contributed by atoms with Gasteiger partial charge in [0.1, 0.15) is 5.82 Å². The van der Waals surface area contributed by atoms with Crippen LogP contribution in [-0.2, 0) is 0 Å². The highest BCUT2D eigenvalue weighted by Crippen LogP contribution is 2.35. The number of hydrogen-bond acceptors (Lipinski definition) is 5. The quantitative estimate of drug-likeness (QED) is 0.874. The minimum absolute atomic E-state index is 0.596. The smallest absolute Gasteiger partial charge is 0.161 e. The van der Waals surface area contributed by atoms with Crippen LogP contribution in [0, 0.1) is 0 Å². The van der Waals surface area contributed by atoms with Crippen LogP contribution in [0.1, 0.15) is 6.92 Å². The Morgan fingerprint density at radius 3 is 2.50 bits per heavy atom. The fraction of sp³-hybridized carbons (Fsp3) is 0.400. The Hall–Kier alpha value is -2.01. The van der Waals surface area contributed by atoms with Crippen LogP contribution in [0.25, 0.3) is 10.8 Å². The van der Waals surface area contributed by atoms with E-state index in [1.165, 1.54) is 0 Å². The predicted molar refractivity (Wildman–Crippen MR) is 81.8 cm³/mol. The predicted octanol–water partition coefficient (Wildman–Crippen LogP) is 2.04. The van der Waals surface area contributed by atoms with Crippen molar-refractivity contribution in [3.05, 3.63) is 24.4 Å². The normalized spacial score (nSPS) is 10.6. The number of pyridine rings is 1. The van der Waals surface area contributed by atoms with Crippen LogP contribution in [0.5, 0.6) is 11.5 Å². The summed E-state index contributed by atoms with van der Waals surface area (Å²) < 4.78 is 10.7. The number of rotatable bonds is 6. The number of fused-ring (bicyclic) bond motifs is 1. The summed E-state index contributed by atoms with van der Waals surface area (Å²) in [6.45, 7) is 4.32. The van der Waals surface area contributed by atoms with E-state index in [4.69, 9.17) is 15.2 Å². The van der Waals surface area contributed by atoms with E-state index in [0.717, 1.165) is 35.4 Å². The number of aromatic nitrogens is 1. The molecule has 0 aliphatic carbocycles. The van der Waals surface area contributed by atoms with Gasteiger partial charge >= 0.3 is 0 Å². The van der Waals surface area contributed by atoms with E-state index in [-0.39, 0.29) is 0 Å². The van der Waals surface area contributed by atoms with Crippen LogP contribution in [0.2, 0.25) is 0 Å². The van der Waals surface area contributed by atoms with Crippen molar-refractivity contribution < 1.29 is 9.47 Å². The lowest BCUT2D eigenvalue weighted by atomic mass is 10.1. The van der Waals surface area contributed by atoms with E-state index in [2.05, 4.69) is 16.8 Å². The molecule has 5 nitrogen and oxygen atoms in total. The van der Waals surface area contributed by atoms with Gasteiger partial charge < -0.3 is 20.1 Å². The standard InChI is InChI=1S/C15H21N3O2/c1-4-18(8-6-16)15-12-10-14(20-3)13(19-2)9-11(12)5-7-17-15/h5,7,9-10H,4,6,8,16H2,1-3H3. The Balaban J connectivity index is 2.61. The van der Waals surface area contributed by atoms with Crippen LogP contribution in [0.3, 0.4) is 0 Å². The molecule has 0 amide bonds. The van der Waals surface area contributed by atoms with Gasteiger partial charge in [-0.25, -0.2) is 4.98 Å². The monoisotopic (exact) mass is 275 g/mol. The molecule has 0 aliphatic rings. The van der Waals surface area contributed by atoms with Crippen LogP contribution >= 0.6 is 0 Å². The maximum Gasteiger partial charge on any atom is 0.161 e. The molecule has 1 aromatic carbocycles. The van der Waals surface area contributed by atoms with Gasteiger partial charge in [-0.2, -0.15) is 0 Å². The summed E-state index contributed by atoms with van der Waals surface area (Å²) >= 11 is 0. The zero-order valence-electron chi connectivity index (χ0n) is 12.2. The molecule has 0 bridgehead atoms. The minimum Gasteiger partial charge on any atom is -0.493 e. The SMILES string of the molecule is CCN(CCN)c1nccc2cc(OC)c(OC)cc12. The molecule has 5 heteroatoms. The molecule has 0 fully saturated rings. The van der Waals surface area contributed by atoms with Crippen molar-refractivity contribution >= 4 is 16.6 Å². The van der Waals surface area contributed by atoms with E-state index >= 15 is 0 Å². The van der Waals surface area contributed by atoms with Crippen molar-refractivity contribution in [3.8, 4) is 11.5 Å². The zero-order valence-corrected chi connectivity index (χ0v) is 12.2. The molecule has 1 aromatic heterocycles. The first-order chi connectivity index (χ1) is 9.74. The second-order valence-corrected chi connectivity index (χ2v) is 4.43. The molecule has 0 radical (unpaired) electrons. The lowest BCUT2D eigenvalue weighted by Crippen LogP contribution is -2.29. The summed E-state index contributed by atoms with van der Waals surface area (Å²) in [7, 11) is 3.27. The van der Waals surface area contributed by atoms with E-state index in [9.17, 15) is 0 Å². The highest BCUT2D eigenvalue weighted by molar-refractivity contribution is 5.94. The number of benzene rings is 1. The molecule has 1 heterocycles. The number of nitrogens with zero attached hydrogens (tertiary/aromatic N) is 2. The van der Waals surface area contributed by atoms with E-state index in [0.29, 0.717) is 12.3 Å². The van der Waals surface area contributed by atoms with E-state index < -0.39 is 0 Å². The first-order valence-electron chi connectivity index (χ1n) is 6.70. The Kier molecular flexibility index (Phi) is 4.63.